The van der Waals surface area contributed by atoms with Crippen LogP contribution in [0.4, 0.5) is 0 Å². The standard InChI is InChI=1S/C12H12N2O2/c13-6-9-1-2-10-3-4-14(12(10)5-9)7-11(16)8-15/h1-5,11,15-16H,7-8H2. The summed E-state index contributed by atoms with van der Waals surface area (Å²) in [6, 6.07) is 9.40. The van der Waals surface area contributed by atoms with Gasteiger partial charge in [0.15, 0.2) is 0 Å². The molecule has 1 atom stereocenters. The van der Waals surface area contributed by atoms with Crippen molar-refractivity contribution in [1.82, 2.24) is 4.57 Å². The summed E-state index contributed by atoms with van der Waals surface area (Å²) in [6.07, 6.45) is 1.06. The number of benzene rings is 1. The predicted octanol–water partition coefficient (Wildman–Crippen LogP) is 0.866. The van der Waals surface area contributed by atoms with E-state index >= 15 is 0 Å². The molecule has 4 nitrogen and oxygen atoms in total. The van der Waals surface area contributed by atoms with E-state index in [-0.39, 0.29) is 6.61 Å². The summed E-state index contributed by atoms with van der Waals surface area (Å²) >= 11 is 0. The van der Waals surface area contributed by atoms with Crippen LogP contribution in [-0.4, -0.2) is 27.5 Å². The first-order chi connectivity index (χ1) is 7.74. The second-order valence-electron chi connectivity index (χ2n) is 3.69. The number of rotatable bonds is 3. The van der Waals surface area contributed by atoms with Crippen LogP contribution in [0, 0.1) is 11.3 Å². The second kappa shape index (κ2) is 4.35. The van der Waals surface area contributed by atoms with E-state index in [0.717, 1.165) is 10.9 Å². The number of hydrogen-bond acceptors (Lipinski definition) is 3. The highest BCUT2D eigenvalue weighted by Crippen LogP contribution is 2.17. The van der Waals surface area contributed by atoms with Gasteiger partial charge in [0.1, 0.15) is 0 Å². The molecule has 1 aromatic carbocycles. The lowest BCUT2D eigenvalue weighted by molar-refractivity contribution is 0.0822. The first-order valence-electron chi connectivity index (χ1n) is 5.02. The molecule has 2 aromatic rings. The van der Waals surface area contributed by atoms with Crippen molar-refractivity contribution in [3.63, 3.8) is 0 Å². The molecule has 1 aromatic heterocycles. The first-order valence-corrected chi connectivity index (χ1v) is 5.02. The Balaban J connectivity index is 2.42. The molecule has 1 unspecified atom stereocenters. The number of fused-ring (bicyclic) bond motifs is 1. The van der Waals surface area contributed by atoms with Crippen LogP contribution in [0.15, 0.2) is 30.5 Å². The Hall–Kier alpha value is -1.83. The summed E-state index contributed by atoms with van der Waals surface area (Å²) in [7, 11) is 0. The van der Waals surface area contributed by atoms with E-state index in [1.165, 1.54) is 0 Å². The Bertz CT molecular complexity index is 539. The fourth-order valence-electron chi connectivity index (χ4n) is 1.70. The molecule has 0 saturated heterocycles. The van der Waals surface area contributed by atoms with E-state index < -0.39 is 6.10 Å². The van der Waals surface area contributed by atoms with Gasteiger partial charge in [-0.15, -0.1) is 0 Å². The Morgan fingerprint density at radius 1 is 1.38 bits per heavy atom. The Morgan fingerprint density at radius 2 is 2.19 bits per heavy atom. The third-order valence-electron chi connectivity index (χ3n) is 2.52. The van der Waals surface area contributed by atoms with Crippen LogP contribution in [0.2, 0.25) is 0 Å². The molecule has 0 aliphatic rings. The van der Waals surface area contributed by atoms with Gasteiger partial charge in [0, 0.05) is 11.7 Å². The van der Waals surface area contributed by atoms with Gasteiger partial charge in [-0.2, -0.15) is 5.26 Å². The average Bonchev–Trinajstić information content (AvgIpc) is 2.71. The largest absolute Gasteiger partial charge is 0.394 e. The van der Waals surface area contributed by atoms with Gasteiger partial charge in [0.05, 0.1) is 30.9 Å². The van der Waals surface area contributed by atoms with Crippen molar-refractivity contribution >= 4 is 10.9 Å². The quantitative estimate of drug-likeness (QED) is 0.799. The molecule has 0 saturated carbocycles. The summed E-state index contributed by atoms with van der Waals surface area (Å²) in [5.41, 5.74) is 1.48. The topological polar surface area (TPSA) is 69.2 Å². The lowest BCUT2D eigenvalue weighted by Gasteiger charge is -2.09. The molecule has 16 heavy (non-hydrogen) atoms. The van der Waals surface area contributed by atoms with Gasteiger partial charge in [-0.25, -0.2) is 0 Å². The fourth-order valence-corrected chi connectivity index (χ4v) is 1.70. The zero-order valence-corrected chi connectivity index (χ0v) is 8.67. The van der Waals surface area contributed by atoms with E-state index in [2.05, 4.69) is 6.07 Å². The predicted molar refractivity (Wildman–Crippen MR) is 59.7 cm³/mol. The van der Waals surface area contributed by atoms with Gasteiger partial charge in [0.2, 0.25) is 0 Å². The number of nitriles is 1. The average molecular weight is 216 g/mol. The van der Waals surface area contributed by atoms with Crippen LogP contribution >= 0.6 is 0 Å². The lowest BCUT2D eigenvalue weighted by atomic mass is 10.2. The van der Waals surface area contributed by atoms with E-state index in [9.17, 15) is 5.11 Å². The molecule has 0 radical (unpaired) electrons. The van der Waals surface area contributed by atoms with Gasteiger partial charge < -0.3 is 14.8 Å². The molecule has 0 aliphatic carbocycles. The molecule has 0 aliphatic heterocycles. The summed E-state index contributed by atoms with van der Waals surface area (Å²) in [6.45, 7) is 0.0620. The molecular weight excluding hydrogens is 204 g/mol. The number of aromatic nitrogens is 1. The summed E-state index contributed by atoms with van der Waals surface area (Å²) < 4.78 is 1.83. The van der Waals surface area contributed by atoms with Crippen LogP contribution in [0.5, 0.6) is 0 Å². The van der Waals surface area contributed by atoms with Crippen LogP contribution in [-0.2, 0) is 6.54 Å². The number of hydrogen-bond donors (Lipinski definition) is 2. The Kier molecular flexibility index (Phi) is 2.91. The monoisotopic (exact) mass is 216 g/mol. The maximum Gasteiger partial charge on any atom is 0.0992 e. The summed E-state index contributed by atoms with van der Waals surface area (Å²) in [5, 5.41) is 28.0. The molecule has 4 heteroatoms. The maximum atomic E-state index is 9.38. The molecular formula is C12H12N2O2. The van der Waals surface area contributed by atoms with E-state index in [1.54, 1.807) is 12.1 Å². The van der Waals surface area contributed by atoms with Crippen LogP contribution < -0.4 is 0 Å². The van der Waals surface area contributed by atoms with Crippen molar-refractivity contribution in [2.75, 3.05) is 6.61 Å². The third-order valence-corrected chi connectivity index (χ3v) is 2.52. The highest BCUT2D eigenvalue weighted by Gasteiger charge is 2.06. The first kappa shape index (κ1) is 10.7. The van der Waals surface area contributed by atoms with Crippen LogP contribution in [0.1, 0.15) is 5.56 Å². The summed E-state index contributed by atoms with van der Waals surface area (Å²) in [5.74, 6) is 0. The van der Waals surface area contributed by atoms with Gasteiger partial charge in [-0.3, -0.25) is 0 Å². The van der Waals surface area contributed by atoms with Crippen LogP contribution in [0.3, 0.4) is 0 Å². The molecule has 0 amide bonds. The minimum atomic E-state index is -0.777. The van der Waals surface area contributed by atoms with Crippen LogP contribution in [0.25, 0.3) is 10.9 Å². The molecule has 1 heterocycles. The van der Waals surface area contributed by atoms with E-state index in [1.807, 2.05) is 22.9 Å². The van der Waals surface area contributed by atoms with Gasteiger partial charge in [-0.05, 0) is 23.6 Å². The molecule has 0 fully saturated rings. The Morgan fingerprint density at radius 3 is 2.88 bits per heavy atom. The number of aliphatic hydroxyl groups is 2. The van der Waals surface area contributed by atoms with Gasteiger partial charge in [-0.1, -0.05) is 6.07 Å². The van der Waals surface area contributed by atoms with E-state index in [0.29, 0.717) is 12.1 Å². The summed E-state index contributed by atoms with van der Waals surface area (Å²) in [4.78, 5) is 0. The minimum absolute atomic E-state index is 0.266. The fraction of sp³-hybridized carbons (Fsp3) is 0.250. The van der Waals surface area contributed by atoms with Crippen molar-refractivity contribution in [2.24, 2.45) is 0 Å². The number of aliphatic hydroxyl groups excluding tert-OH is 2. The smallest absolute Gasteiger partial charge is 0.0992 e. The van der Waals surface area contributed by atoms with Crippen molar-refractivity contribution in [2.45, 2.75) is 12.6 Å². The molecule has 0 bridgehead atoms. The van der Waals surface area contributed by atoms with Crippen molar-refractivity contribution in [3.05, 3.63) is 36.0 Å². The Labute approximate surface area is 93.0 Å². The van der Waals surface area contributed by atoms with Crippen molar-refractivity contribution < 1.29 is 10.2 Å². The van der Waals surface area contributed by atoms with Gasteiger partial charge in [0.25, 0.3) is 0 Å². The molecule has 82 valence electrons. The zero-order valence-electron chi connectivity index (χ0n) is 8.67. The SMILES string of the molecule is N#Cc1ccc2ccn(CC(O)CO)c2c1. The minimum Gasteiger partial charge on any atom is -0.394 e. The van der Waals surface area contributed by atoms with E-state index in [4.69, 9.17) is 10.4 Å². The highest BCUT2D eigenvalue weighted by molar-refractivity contribution is 5.81. The second-order valence-corrected chi connectivity index (χ2v) is 3.69. The molecule has 2 rings (SSSR count). The molecule has 0 spiro atoms. The normalized spacial score (nSPS) is 12.6. The zero-order chi connectivity index (χ0) is 11.5. The molecule has 2 N–H and O–H groups in total. The van der Waals surface area contributed by atoms with Crippen molar-refractivity contribution in [1.29, 1.82) is 5.26 Å². The maximum absolute atomic E-state index is 9.38. The lowest BCUT2D eigenvalue weighted by Crippen LogP contribution is -2.19. The van der Waals surface area contributed by atoms with Crippen molar-refractivity contribution in [3.8, 4) is 6.07 Å². The highest BCUT2D eigenvalue weighted by atomic mass is 16.3. The van der Waals surface area contributed by atoms with Gasteiger partial charge >= 0.3 is 0 Å². The number of nitrogens with zero attached hydrogens (tertiary/aromatic N) is 2. The third kappa shape index (κ3) is 1.91.